The fourth-order valence-corrected chi connectivity index (χ4v) is 4.86. The van der Waals surface area contributed by atoms with E-state index in [0.29, 0.717) is 29.9 Å². The molecule has 1 aromatic carbocycles. The highest BCUT2D eigenvalue weighted by Gasteiger charge is 2.21. The maximum atomic E-state index is 13.6. The van der Waals surface area contributed by atoms with Crippen LogP contribution < -0.4 is 5.32 Å². The van der Waals surface area contributed by atoms with Gasteiger partial charge in [0.25, 0.3) is 5.91 Å². The summed E-state index contributed by atoms with van der Waals surface area (Å²) in [5.41, 5.74) is 5.96. The third kappa shape index (κ3) is 6.84. The molecule has 7 nitrogen and oxygen atoms in total. The highest BCUT2D eigenvalue weighted by Crippen LogP contribution is 2.23. The summed E-state index contributed by atoms with van der Waals surface area (Å²) in [4.78, 5) is 28.8. The number of carbonyl (C=O) groups is 2. The van der Waals surface area contributed by atoms with Gasteiger partial charge in [0, 0.05) is 48.2 Å². The smallest absolute Gasteiger partial charge is 0.254 e. The first-order valence-electron chi connectivity index (χ1n) is 13.9. The van der Waals surface area contributed by atoms with Crippen LogP contribution in [-0.2, 0) is 26.4 Å². The fourth-order valence-electron chi connectivity index (χ4n) is 4.86. The van der Waals surface area contributed by atoms with Crippen LogP contribution in [0.3, 0.4) is 0 Å². The van der Waals surface area contributed by atoms with Gasteiger partial charge in [-0.15, -0.1) is 0 Å². The van der Waals surface area contributed by atoms with Gasteiger partial charge in [-0.2, -0.15) is 5.10 Å². The zero-order valence-corrected chi connectivity index (χ0v) is 24.1. The number of hydrogen-bond acceptors (Lipinski definition) is 4. The molecule has 0 saturated carbocycles. The Balaban J connectivity index is 1.52. The molecule has 39 heavy (non-hydrogen) atoms. The van der Waals surface area contributed by atoms with Gasteiger partial charge in [0.2, 0.25) is 5.78 Å². The molecule has 0 aliphatic heterocycles. The number of benzene rings is 1. The van der Waals surface area contributed by atoms with E-state index in [1.54, 1.807) is 15.6 Å². The summed E-state index contributed by atoms with van der Waals surface area (Å²) in [5.74, 6) is -0.0525. The Morgan fingerprint density at radius 3 is 2.33 bits per heavy atom. The van der Waals surface area contributed by atoms with Gasteiger partial charge >= 0.3 is 0 Å². The van der Waals surface area contributed by atoms with Crippen LogP contribution in [0.15, 0.2) is 60.9 Å². The molecule has 3 aromatic heterocycles. The molecule has 0 saturated heterocycles. The van der Waals surface area contributed by atoms with Gasteiger partial charge in [0.15, 0.2) is 0 Å². The minimum absolute atomic E-state index is 0.00258. The second-order valence-electron chi connectivity index (χ2n) is 11.2. The monoisotopic (exact) mass is 527 g/mol. The quantitative estimate of drug-likeness (QED) is 0.208. The summed E-state index contributed by atoms with van der Waals surface area (Å²) in [6, 6.07) is 15.6. The molecular formula is C32H41N5O2. The lowest BCUT2D eigenvalue weighted by Crippen LogP contribution is -2.36. The van der Waals surface area contributed by atoms with Crippen LogP contribution in [0.4, 0.5) is 0 Å². The average Bonchev–Trinajstić information content (AvgIpc) is 3.50. The van der Waals surface area contributed by atoms with Crippen LogP contribution in [0, 0.1) is 0 Å². The van der Waals surface area contributed by atoms with Crippen molar-refractivity contribution in [2.24, 2.45) is 7.05 Å². The van der Waals surface area contributed by atoms with E-state index in [1.807, 2.05) is 61.1 Å². The lowest BCUT2D eigenvalue weighted by Gasteiger charge is -2.20. The number of aryl methyl sites for hydroxylation is 3. The molecule has 0 aliphatic rings. The SMILES string of the molecule is CCc1cc2cc(C(=O)N(CC)Cc3ccn(C)n3)ccn2c1C(=O)c1ccc(CCCNC(C)(C)C)cc1. The largest absolute Gasteiger partial charge is 0.333 e. The Labute approximate surface area is 231 Å². The molecule has 7 heteroatoms. The molecule has 1 N–H and O–H groups in total. The van der Waals surface area contributed by atoms with E-state index < -0.39 is 0 Å². The van der Waals surface area contributed by atoms with Gasteiger partial charge in [-0.3, -0.25) is 14.3 Å². The van der Waals surface area contributed by atoms with Crippen LogP contribution in [-0.4, -0.2) is 49.4 Å². The Bertz CT molecular complexity index is 1440. The van der Waals surface area contributed by atoms with Crippen molar-refractivity contribution >= 4 is 17.2 Å². The topological polar surface area (TPSA) is 71.6 Å². The lowest BCUT2D eigenvalue weighted by molar-refractivity contribution is 0.0750. The van der Waals surface area contributed by atoms with Crippen molar-refractivity contribution in [1.82, 2.24) is 24.4 Å². The molecule has 0 fully saturated rings. The third-order valence-corrected chi connectivity index (χ3v) is 7.00. The first-order valence-corrected chi connectivity index (χ1v) is 13.9. The minimum atomic E-state index is -0.0499. The molecule has 1 amide bonds. The highest BCUT2D eigenvalue weighted by molar-refractivity contribution is 6.10. The van der Waals surface area contributed by atoms with Crippen molar-refractivity contribution in [2.75, 3.05) is 13.1 Å². The van der Waals surface area contributed by atoms with E-state index in [1.165, 1.54) is 5.56 Å². The minimum Gasteiger partial charge on any atom is -0.333 e. The molecule has 3 heterocycles. The predicted molar refractivity (Wildman–Crippen MR) is 156 cm³/mol. The van der Waals surface area contributed by atoms with Crippen LogP contribution in [0.25, 0.3) is 5.52 Å². The van der Waals surface area contributed by atoms with Crippen LogP contribution in [0.1, 0.15) is 84.3 Å². The summed E-state index contributed by atoms with van der Waals surface area (Å²) >= 11 is 0. The second-order valence-corrected chi connectivity index (χ2v) is 11.2. The number of nitrogens with zero attached hydrogens (tertiary/aromatic N) is 4. The third-order valence-electron chi connectivity index (χ3n) is 7.00. The van der Waals surface area contributed by atoms with E-state index in [0.717, 1.165) is 42.6 Å². The number of amides is 1. The predicted octanol–water partition coefficient (Wildman–Crippen LogP) is 5.45. The standard InChI is InChI=1S/C32H41N5O2/c1-7-24-20-28-21-26(31(39)36(8-2)22-27-16-18-35(6)34-27)15-19-37(28)29(24)30(38)25-13-11-23(12-14-25)10-9-17-33-32(3,4)5/h11-16,18-21,33H,7-10,17,22H2,1-6H3. The molecule has 0 aliphatic carbocycles. The van der Waals surface area contributed by atoms with Crippen molar-refractivity contribution in [3.8, 4) is 0 Å². The van der Waals surface area contributed by atoms with Gasteiger partial charge in [0.1, 0.15) is 0 Å². The highest BCUT2D eigenvalue weighted by atomic mass is 16.2. The molecule has 4 aromatic rings. The molecule has 206 valence electrons. The molecule has 0 radical (unpaired) electrons. The molecule has 4 rings (SSSR count). The van der Waals surface area contributed by atoms with Crippen molar-refractivity contribution < 1.29 is 9.59 Å². The van der Waals surface area contributed by atoms with Gasteiger partial charge in [-0.1, -0.05) is 31.2 Å². The average molecular weight is 528 g/mol. The van der Waals surface area contributed by atoms with E-state index >= 15 is 0 Å². The number of aromatic nitrogens is 3. The van der Waals surface area contributed by atoms with Gasteiger partial charge in [0.05, 0.1) is 17.9 Å². The normalized spacial score (nSPS) is 11.7. The summed E-state index contributed by atoms with van der Waals surface area (Å²) < 4.78 is 3.66. The Morgan fingerprint density at radius 1 is 0.974 bits per heavy atom. The molecule has 0 bridgehead atoms. The number of carbonyl (C=O) groups excluding carboxylic acids is 2. The number of ketones is 1. The Morgan fingerprint density at radius 2 is 1.72 bits per heavy atom. The van der Waals surface area contributed by atoms with Gasteiger partial charge < -0.3 is 14.6 Å². The Kier molecular flexibility index (Phi) is 8.70. The summed E-state index contributed by atoms with van der Waals surface area (Å²) in [5, 5.41) is 7.93. The van der Waals surface area contributed by atoms with Crippen LogP contribution in [0.2, 0.25) is 0 Å². The van der Waals surface area contributed by atoms with E-state index in [-0.39, 0.29) is 17.2 Å². The zero-order chi connectivity index (χ0) is 28.2. The van der Waals surface area contributed by atoms with E-state index in [2.05, 4.69) is 50.2 Å². The lowest BCUT2D eigenvalue weighted by atomic mass is 10.0. The number of pyridine rings is 1. The number of rotatable bonds is 11. The maximum Gasteiger partial charge on any atom is 0.254 e. The fraction of sp³-hybridized carbons (Fsp3) is 0.406. The van der Waals surface area contributed by atoms with Crippen LogP contribution in [0.5, 0.6) is 0 Å². The molecule has 0 spiro atoms. The molecule has 0 atom stereocenters. The number of nitrogens with one attached hydrogen (secondary N) is 1. The first kappa shape index (κ1) is 28.3. The summed E-state index contributed by atoms with van der Waals surface area (Å²) in [6.07, 6.45) is 6.47. The number of hydrogen-bond donors (Lipinski definition) is 1. The van der Waals surface area contributed by atoms with Crippen LogP contribution >= 0.6 is 0 Å². The zero-order valence-electron chi connectivity index (χ0n) is 24.1. The second kappa shape index (κ2) is 12.0. The van der Waals surface area contributed by atoms with E-state index in [4.69, 9.17) is 0 Å². The van der Waals surface area contributed by atoms with Gasteiger partial charge in [-0.25, -0.2) is 0 Å². The van der Waals surface area contributed by atoms with Crippen molar-refractivity contribution in [3.63, 3.8) is 0 Å². The van der Waals surface area contributed by atoms with Gasteiger partial charge in [-0.05, 0) is 88.9 Å². The maximum absolute atomic E-state index is 13.6. The Hall–Kier alpha value is -3.71. The summed E-state index contributed by atoms with van der Waals surface area (Å²) in [7, 11) is 1.87. The van der Waals surface area contributed by atoms with E-state index in [9.17, 15) is 9.59 Å². The molecule has 0 unspecified atom stereocenters. The van der Waals surface area contributed by atoms with Crippen molar-refractivity contribution in [2.45, 2.75) is 66.0 Å². The van der Waals surface area contributed by atoms with Crippen molar-refractivity contribution in [3.05, 3.63) is 94.6 Å². The van der Waals surface area contributed by atoms with Crippen molar-refractivity contribution in [1.29, 1.82) is 0 Å². The summed E-state index contributed by atoms with van der Waals surface area (Å²) in [6.45, 7) is 12.5. The first-order chi connectivity index (χ1) is 18.6. The number of fused-ring (bicyclic) bond motifs is 1. The molecular weight excluding hydrogens is 486 g/mol.